The summed E-state index contributed by atoms with van der Waals surface area (Å²) in [5, 5.41) is 7.79. The number of benzene rings is 1. The van der Waals surface area contributed by atoms with Gasteiger partial charge in [0.25, 0.3) is 0 Å². The van der Waals surface area contributed by atoms with Gasteiger partial charge in [-0.05, 0) is 26.0 Å². The van der Waals surface area contributed by atoms with Crippen molar-refractivity contribution >= 4 is 5.90 Å². The average molecular weight is 292 g/mol. The summed E-state index contributed by atoms with van der Waals surface area (Å²) < 4.78 is 34.0. The number of rotatable bonds is 3. The number of halogens is 2. The maximum absolute atomic E-state index is 13.6. The Bertz CT molecular complexity index is 688. The van der Waals surface area contributed by atoms with Crippen LogP contribution in [0.3, 0.4) is 0 Å². The summed E-state index contributed by atoms with van der Waals surface area (Å²) in [5.74, 6) is -0.814. The molecule has 21 heavy (non-hydrogen) atoms. The first kappa shape index (κ1) is 13.7. The third-order valence-electron chi connectivity index (χ3n) is 3.11. The summed E-state index contributed by atoms with van der Waals surface area (Å²) >= 11 is 0. The van der Waals surface area contributed by atoms with Gasteiger partial charge in [-0.25, -0.2) is 18.5 Å². The Morgan fingerprint density at radius 3 is 2.62 bits per heavy atom. The van der Waals surface area contributed by atoms with Gasteiger partial charge in [0.1, 0.15) is 18.2 Å². The van der Waals surface area contributed by atoms with Crippen LogP contribution in [0.2, 0.25) is 0 Å². The predicted octanol–water partition coefficient (Wildman–Crippen LogP) is 2.16. The highest BCUT2D eigenvalue weighted by atomic mass is 19.1. The monoisotopic (exact) mass is 292 g/mol. The topological polar surface area (TPSA) is 52.3 Å². The zero-order valence-electron chi connectivity index (χ0n) is 11.7. The minimum Gasteiger partial charge on any atom is -0.474 e. The molecule has 0 bridgehead atoms. The summed E-state index contributed by atoms with van der Waals surface area (Å²) in [6, 6.07) is 3.75. The Morgan fingerprint density at radius 1 is 1.29 bits per heavy atom. The van der Waals surface area contributed by atoms with Crippen LogP contribution >= 0.6 is 0 Å². The lowest BCUT2D eigenvalue weighted by molar-refractivity contribution is 0.279. The molecule has 0 atom stereocenters. The molecule has 0 amide bonds. The lowest BCUT2D eigenvalue weighted by Gasteiger charge is -2.07. The van der Waals surface area contributed by atoms with Gasteiger partial charge in [-0.1, -0.05) is 11.3 Å². The molecule has 0 unspecified atom stereocenters. The fourth-order valence-corrected chi connectivity index (χ4v) is 2.03. The van der Waals surface area contributed by atoms with Crippen molar-refractivity contribution in [3.8, 4) is 0 Å². The molecule has 2 heterocycles. The maximum atomic E-state index is 13.6. The first-order chi connectivity index (χ1) is 9.94. The molecule has 0 fully saturated rings. The smallest absolute Gasteiger partial charge is 0.239 e. The van der Waals surface area contributed by atoms with Crippen LogP contribution in [0.5, 0.6) is 0 Å². The second-order valence-corrected chi connectivity index (χ2v) is 5.52. The summed E-state index contributed by atoms with van der Waals surface area (Å²) in [6.45, 7) is 4.32. The normalized spacial score (nSPS) is 16.7. The van der Waals surface area contributed by atoms with E-state index in [4.69, 9.17) is 4.74 Å². The van der Waals surface area contributed by atoms with E-state index in [1.807, 2.05) is 13.8 Å². The molecule has 110 valence electrons. The van der Waals surface area contributed by atoms with Gasteiger partial charge in [0.2, 0.25) is 5.90 Å². The molecular weight excluding hydrogens is 278 g/mol. The van der Waals surface area contributed by atoms with Crippen molar-refractivity contribution in [1.82, 2.24) is 15.0 Å². The first-order valence-corrected chi connectivity index (χ1v) is 6.51. The van der Waals surface area contributed by atoms with Crippen LogP contribution in [0.25, 0.3) is 0 Å². The van der Waals surface area contributed by atoms with Crippen molar-refractivity contribution in [2.45, 2.75) is 25.9 Å². The molecule has 1 aliphatic heterocycles. The van der Waals surface area contributed by atoms with Crippen LogP contribution in [0, 0.1) is 11.6 Å². The Hall–Kier alpha value is -2.31. The fourth-order valence-electron chi connectivity index (χ4n) is 2.03. The molecule has 5 nitrogen and oxygen atoms in total. The molecule has 0 aliphatic carbocycles. The lowest BCUT2D eigenvalue weighted by atomic mass is 10.1. The van der Waals surface area contributed by atoms with Crippen LogP contribution < -0.4 is 0 Å². The molecule has 1 aromatic heterocycles. The van der Waals surface area contributed by atoms with E-state index in [0.29, 0.717) is 18.2 Å². The molecule has 0 saturated heterocycles. The highest BCUT2D eigenvalue weighted by molar-refractivity contribution is 5.93. The number of hydrogen-bond acceptors (Lipinski definition) is 4. The molecule has 0 spiro atoms. The lowest BCUT2D eigenvalue weighted by Crippen LogP contribution is -2.17. The van der Waals surface area contributed by atoms with Crippen molar-refractivity contribution in [3.05, 3.63) is 47.3 Å². The molecule has 0 N–H and O–H groups in total. The van der Waals surface area contributed by atoms with Gasteiger partial charge in [-0.2, -0.15) is 0 Å². The Kier molecular flexibility index (Phi) is 3.19. The highest BCUT2D eigenvalue weighted by Crippen LogP contribution is 2.20. The molecule has 1 aromatic carbocycles. The third-order valence-corrected chi connectivity index (χ3v) is 3.11. The van der Waals surface area contributed by atoms with E-state index in [0.717, 1.165) is 0 Å². The number of hydrogen-bond donors (Lipinski definition) is 0. The fraction of sp³-hybridized carbons (Fsp3) is 0.357. The second kappa shape index (κ2) is 4.91. The Balaban J connectivity index is 1.83. The van der Waals surface area contributed by atoms with E-state index in [1.54, 1.807) is 6.20 Å². The van der Waals surface area contributed by atoms with Gasteiger partial charge in [-0.15, -0.1) is 5.10 Å². The Labute approximate surface area is 120 Å². The minimum absolute atomic E-state index is 0.0395. The third kappa shape index (κ3) is 2.76. The summed E-state index contributed by atoms with van der Waals surface area (Å²) in [6.07, 6.45) is 1.56. The summed E-state index contributed by atoms with van der Waals surface area (Å²) in [4.78, 5) is 4.38. The number of aromatic nitrogens is 3. The van der Waals surface area contributed by atoms with Gasteiger partial charge >= 0.3 is 0 Å². The predicted molar refractivity (Wildman–Crippen MR) is 72.1 cm³/mol. The minimum atomic E-state index is -0.609. The largest absolute Gasteiger partial charge is 0.474 e. The average Bonchev–Trinajstić information content (AvgIpc) is 3.00. The van der Waals surface area contributed by atoms with E-state index in [2.05, 4.69) is 15.3 Å². The second-order valence-electron chi connectivity index (χ2n) is 5.52. The molecule has 3 rings (SSSR count). The quantitative estimate of drug-likeness (QED) is 0.871. The Morgan fingerprint density at radius 2 is 2.00 bits per heavy atom. The summed E-state index contributed by atoms with van der Waals surface area (Å²) in [5.41, 5.74) is 0.109. The molecule has 0 radical (unpaired) electrons. The van der Waals surface area contributed by atoms with Crippen molar-refractivity contribution < 1.29 is 13.5 Å². The molecule has 2 aromatic rings. The zero-order valence-corrected chi connectivity index (χ0v) is 11.7. The highest BCUT2D eigenvalue weighted by Gasteiger charge is 2.28. The van der Waals surface area contributed by atoms with Gasteiger partial charge in [0, 0.05) is 5.56 Å². The van der Waals surface area contributed by atoms with Crippen molar-refractivity contribution in [2.75, 3.05) is 6.61 Å². The zero-order chi connectivity index (χ0) is 15.0. The van der Waals surface area contributed by atoms with Crippen LogP contribution in [-0.4, -0.2) is 33.0 Å². The molecule has 1 aliphatic rings. The van der Waals surface area contributed by atoms with Crippen molar-refractivity contribution in [3.63, 3.8) is 0 Å². The SMILES string of the molecule is CC1(C)COC(c2cn(Cc3c(F)cccc3F)nn2)=N1. The maximum Gasteiger partial charge on any atom is 0.239 e. The van der Waals surface area contributed by atoms with Gasteiger partial charge in [0.05, 0.1) is 18.3 Å². The van der Waals surface area contributed by atoms with Crippen LogP contribution in [0.15, 0.2) is 29.4 Å². The van der Waals surface area contributed by atoms with E-state index in [9.17, 15) is 8.78 Å². The van der Waals surface area contributed by atoms with E-state index < -0.39 is 11.6 Å². The van der Waals surface area contributed by atoms with E-state index in [1.165, 1.54) is 22.9 Å². The molecular formula is C14H14F2N4O. The first-order valence-electron chi connectivity index (χ1n) is 6.51. The van der Waals surface area contributed by atoms with Crippen molar-refractivity contribution in [1.29, 1.82) is 0 Å². The van der Waals surface area contributed by atoms with Gasteiger partial charge < -0.3 is 4.74 Å². The number of aliphatic imine (C=N–C) groups is 1. The van der Waals surface area contributed by atoms with E-state index in [-0.39, 0.29) is 17.6 Å². The van der Waals surface area contributed by atoms with Gasteiger partial charge in [-0.3, -0.25) is 0 Å². The number of nitrogens with zero attached hydrogens (tertiary/aromatic N) is 4. The number of ether oxygens (including phenoxy) is 1. The van der Waals surface area contributed by atoms with Crippen LogP contribution in [-0.2, 0) is 11.3 Å². The van der Waals surface area contributed by atoms with Crippen LogP contribution in [0.1, 0.15) is 25.1 Å². The van der Waals surface area contributed by atoms with Crippen LogP contribution in [0.4, 0.5) is 8.78 Å². The summed E-state index contributed by atoms with van der Waals surface area (Å²) in [7, 11) is 0. The van der Waals surface area contributed by atoms with Gasteiger partial charge in [0.15, 0.2) is 5.69 Å². The van der Waals surface area contributed by atoms with Crippen molar-refractivity contribution in [2.24, 2.45) is 4.99 Å². The standard InChI is InChI=1S/C14H14F2N4O/c1-14(2)8-21-13(17-14)12-7-20(19-18-12)6-9-10(15)4-3-5-11(9)16/h3-5,7H,6,8H2,1-2H3. The molecule has 0 saturated carbocycles. The van der Waals surface area contributed by atoms with E-state index >= 15 is 0 Å². The molecule has 7 heteroatoms.